The van der Waals surface area contributed by atoms with E-state index in [0.717, 1.165) is 44.5 Å². The van der Waals surface area contributed by atoms with E-state index in [9.17, 15) is 13.2 Å². The predicted octanol–water partition coefficient (Wildman–Crippen LogP) is 2.05. The van der Waals surface area contributed by atoms with Crippen molar-refractivity contribution >= 4 is 0 Å². The van der Waals surface area contributed by atoms with Crippen molar-refractivity contribution in [3.05, 3.63) is 35.6 Å². The molecule has 0 radical (unpaired) electrons. The van der Waals surface area contributed by atoms with Gasteiger partial charge in [-0.1, -0.05) is 12.1 Å². The molecule has 0 saturated carbocycles. The number of nitrogens with zero attached hydrogens (tertiary/aromatic N) is 1. The van der Waals surface area contributed by atoms with Gasteiger partial charge in [-0.2, -0.15) is 0 Å². The van der Waals surface area contributed by atoms with E-state index in [1.54, 1.807) is 12.1 Å². The van der Waals surface area contributed by atoms with Crippen LogP contribution < -0.4 is 5.32 Å². The van der Waals surface area contributed by atoms with Gasteiger partial charge < -0.3 is 15.3 Å². The molecule has 0 spiro atoms. The van der Waals surface area contributed by atoms with Gasteiger partial charge in [0.15, 0.2) is 0 Å². The number of nitrogens with one attached hydrogen (secondary N) is 1. The van der Waals surface area contributed by atoms with Gasteiger partial charge in [-0.3, -0.25) is 0 Å². The van der Waals surface area contributed by atoms with Crippen LogP contribution in [0.4, 0.5) is 13.2 Å². The maximum atomic E-state index is 13.0. The molecule has 2 N–H and O–H groups in total. The maximum Gasteiger partial charge on any atom is 0.282 e. The molecule has 124 valence electrons. The Kier molecular flexibility index (Phi) is 6.23. The average molecular weight is 316 g/mol. The van der Waals surface area contributed by atoms with E-state index >= 15 is 0 Å². The Morgan fingerprint density at radius 2 is 1.82 bits per heavy atom. The lowest BCUT2D eigenvalue weighted by Gasteiger charge is -2.33. The number of piperidine rings is 1. The Balaban J connectivity index is 1.65. The molecule has 0 aliphatic carbocycles. The summed E-state index contributed by atoms with van der Waals surface area (Å²) in [4.78, 5) is 2.30. The number of benzene rings is 1. The summed E-state index contributed by atoms with van der Waals surface area (Å²) in [5, 5.41) is 11.4. The van der Waals surface area contributed by atoms with Gasteiger partial charge >= 0.3 is 0 Å². The molecule has 22 heavy (non-hydrogen) atoms. The molecule has 0 bridgehead atoms. The molecule has 1 fully saturated rings. The van der Waals surface area contributed by atoms with Crippen LogP contribution in [0.25, 0.3) is 0 Å². The highest BCUT2D eigenvalue weighted by atomic mass is 19.3. The minimum atomic E-state index is -3.04. The van der Waals surface area contributed by atoms with Crippen LogP contribution in [0.2, 0.25) is 0 Å². The van der Waals surface area contributed by atoms with E-state index in [4.69, 9.17) is 5.11 Å². The van der Waals surface area contributed by atoms with Crippen molar-refractivity contribution in [2.75, 3.05) is 32.8 Å². The van der Waals surface area contributed by atoms with Gasteiger partial charge in [0.1, 0.15) is 12.4 Å². The lowest BCUT2D eigenvalue weighted by molar-refractivity contribution is -0.0504. The topological polar surface area (TPSA) is 35.5 Å². The Morgan fingerprint density at radius 1 is 1.18 bits per heavy atom. The molecule has 1 aliphatic heterocycles. The number of aliphatic hydroxyl groups excluding tert-OH is 1. The molecule has 1 saturated heterocycles. The third kappa shape index (κ3) is 5.59. The summed E-state index contributed by atoms with van der Waals surface area (Å²) in [6, 6.07) is 6.60. The quantitative estimate of drug-likeness (QED) is 0.808. The summed E-state index contributed by atoms with van der Waals surface area (Å²) in [5.74, 6) is -3.27. The monoisotopic (exact) mass is 316 g/mol. The summed E-state index contributed by atoms with van der Waals surface area (Å²) < 4.78 is 38.8. The van der Waals surface area contributed by atoms with Crippen LogP contribution >= 0.6 is 0 Å². The van der Waals surface area contributed by atoms with E-state index < -0.39 is 19.1 Å². The zero-order chi connectivity index (χ0) is 16.0. The predicted molar refractivity (Wildman–Crippen MR) is 79.6 cm³/mol. The van der Waals surface area contributed by atoms with Gasteiger partial charge in [-0.05, 0) is 50.0 Å². The van der Waals surface area contributed by atoms with Crippen molar-refractivity contribution in [3.8, 4) is 0 Å². The number of aliphatic hydroxyl groups is 1. The van der Waals surface area contributed by atoms with Gasteiger partial charge in [0, 0.05) is 12.6 Å². The van der Waals surface area contributed by atoms with Gasteiger partial charge in [0.25, 0.3) is 5.92 Å². The summed E-state index contributed by atoms with van der Waals surface area (Å²) in [6.45, 7) is 1.04. The van der Waals surface area contributed by atoms with E-state index in [1.165, 1.54) is 12.1 Å². The zero-order valence-corrected chi connectivity index (χ0v) is 12.6. The van der Waals surface area contributed by atoms with Gasteiger partial charge in [-0.15, -0.1) is 0 Å². The minimum absolute atomic E-state index is 0.0829. The molecular weight excluding hydrogens is 293 g/mol. The van der Waals surface area contributed by atoms with Crippen LogP contribution in [0.5, 0.6) is 0 Å². The molecule has 1 aromatic carbocycles. The fourth-order valence-electron chi connectivity index (χ4n) is 2.65. The Bertz CT molecular complexity index is 445. The Labute approximate surface area is 129 Å². The highest BCUT2D eigenvalue weighted by Crippen LogP contribution is 2.15. The third-order valence-corrected chi connectivity index (χ3v) is 4.10. The summed E-state index contributed by atoms with van der Waals surface area (Å²) >= 11 is 0. The number of rotatable bonds is 7. The lowest BCUT2D eigenvalue weighted by atomic mass is 10.0. The van der Waals surface area contributed by atoms with Crippen LogP contribution in [0.3, 0.4) is 0 Å². The summed E-state index contributed by atoms with van der Waals surface area (Å²) in [7, 11) is 0. The average Bonchev–Trinajstić information content (AvgIpc) is 2.53. The van der Waals surface area contributed by atoms with Crippen molar-refractivity contribution in [2.24, 2.45) is 0 Å². The number of hydrogen-bond acceptors (Lipinski definition) is 3. The number of likely N-dealkylation sites (tertiary alicyclic amines) is 1. The van der Waals surface area contributed by atoms with Gasteiger partial charge in [0.2, 0.25) is 0 Å². The van der Waals surface area contributed by atoms with Crippen molar-refractivity contribution in [2.45, 2.75) is 31.2 Å². The maximum absolute atomic E-state index is 13.0. The summed E-state index contributed by atoms with van der Waals surface area (Å²) in [5.41, 5.74) is 1.10. The minimum Gasteiger partial charge on any atom is -0.390 e. The standard InChI is InChI=1S/C16H23F3N2O/c17-14-3-1-13(2-4-14)5-8-21-9-6-15(7-10-21)20-11-16(18,19)12-22/h1-4,15,20,22H,5-12H2. The lowest BCUT2D eigenvalue weighted by Crippen LogP contribution is -2.47. The molecule has 0 atom stereocenters. The molecule has 2 rings (SSSR count). The van der Waals surface area contributed by atoms with Crippen LogP contribution in [0, 0.1) is 5.82 Å². The smallest absolute Gasteiger partial charge is 0.282 e. The zero-order valence-electron chi connectivity index (χ0n) is 12.6. The van der Waals surface area contributed by atoms with E-state index in [-0.39, 0.29) is 11.9 Å². The number of halogens is 3. The fourth-order valence-corrected chi connectivity index (χ4v) is 2.65. The first-order chi connectivity index (χ1) is 10.5. The van der Waals surface area contributed by atoms with E-state index in [1.807, 2.05) is 0 Å². The van der Waals surface area contributed by atoms with Gasteiger partial charge in [-0.25, -0.2) is 13.2 Å². The molecular formula is C16H23F3N2O. The molecule has 1 heterocycles. The van der Waals surface area contributed by atoms with Crippen LogP contribution in [-0.2, 0) is 6.42 Å². The Morgan fingerprint density at radius 3 is 2.41 bits per heavy atom. The largest absolute Gasteiger partial charge is 0.390 e. The molecule has 1 aliphatic rings. The van der Waals surface area contributed by atoms with E-state index in [0.29, 0.717) is 0 Å². The SMILES string of the molecule is OCC(F)(F)CNC1CCN(CCc2ccc(F)cc2)CC1. The second kappa shape index (κ2) is 7.94. The first-order valence-corrected chi connectivity index (χ1v) is 7.67. The van der Waals surface area contributed by atoms with Crippen molar-refractivity contribution in [1.29, 1.82) is 0 Å². The van der Waals surface area contributed by atoms with Crippen LogP contribution in [0.15, 0.2) is 24.3 Å². The second-order valence-electron chi connectivity index (χ2n) is 5.89. The fraction of sp³-hybridized carbons (Fsp3) is 0.625. The highest BCUT2D eigenvalue weighted by Gasteiger charge is 2.29. The first-order valence-electron chi connectivity index (χ1n) is 7.67. The van der Waals surface area contributed by atoms with Crippen LogP contribution in [0.1, 0.15) is 18.4 Å². The molecule has 6 heteroatoms. The normalized spacial score (nSPS) is 17.8. The highest BCUT2D eigenvalue weighted by molar-refractivity contribution is 5.16. The van der Waals surface area contributed by atoms with Crippen molar-refractivity contribution in [3.63, 3.8) is 0 Å². The molecule has 0 unspecified atom stereocenters. The van der Waals surface area contributed by atoms with Gasteiger partial charge in [0.05, 0.1) is 6.54 Å². The molecule has 0 aromatic heterocycles. The molecule has 1 aromatic rings. The summed E-state index contributed by atoms with van der Waals surface area (Å²) in [6.07, 6.45) is 2.51. The van der Waals surface area contributed by atoms with Crippen LogP contribution in [-0.4, -0.2) is 54.8 Å². The molecule has 3 nitrogen and oxygen atoms in total. The molecule has 0 amide bonds. The van der Waals surface area contributed by atoms with Crippen molar-refractivity contribution in [1.82, 2.24) is 10.2 Å². The second-order valence-corrected chi connectivity index (χ2v) is 5.89. The Hall–Kier alpha value is -1.11. The first kappa shape index (κ1) is 17.2. The van der Waals surface area contributed by atoms with E-state index in [2.05, 4.69) is 10.2 Å². The third-order valence-electron chi connectivity index (χ3n) is 4.10. The van der Waals surface area contributed by atoms with Crippen molar-refractivity contribution < 1.29 is 18.3 Å². The number of alkyl halides is 2. The number of hydrogen-bond donors (Lipinski definition) is 2.